The lowest BCUT2D eigenvalue weighted by atomic mass is 9.68. The Labute approximate surface area is 109 Å². The number of benzene rings is 1. The third-order valence-corrected chi connectivity index (χ3v) is 4.49. The minimum atomic E-state index is -0.259. The number of rotatable bonds is 3. The fraction of sp³-hybridized carbons (Fsp3) is 0.600. The third kappa shape index (κ3) is 1.78. The van der Waals surface area contributed by atoms with Gasteiger partial charge in [0.15, 0.2) is 0 Å². The summed E-state index contributed by atoms with van der Waals surface area (Å²) in [4.78, 5) is 0. The maximum absolute atomic E-state index is 9.44. The van der Waals surface area contributed by atoms with Crippen molar-refractivity contribution in [2.45, 2.75) is 39.2 Å². The van der Waals surface area contributed by atoms with E-state index in [1.807, 2.05) is 0 Å². The van der Waals surface area contributed by atoms with Crippen LogP contribution in [-0.4, -0.2) is 31.0 Å². The van der Waals surface area contributed by atoms with Gasteiger partial charge in [0.05, 0.1) is 25.2 Å². The van der Waals surface area contributed by atoms with Crippen molar-refractivity contribution in [3.05, 3.63) is 33.9 Å². The number of nitrogens with two attached hydrogens (primary N) is 1. The highest BCUT2D eigenvalue weighted by molar-refractivity contribution is 5.50. The Balaban J connectivity index is 2.62. The molecule has 3 N–H and O–H groups in total. The average Bonchev–Trinajstić information content (AvgIpc) is 2.29. The van der Waals surface area contributed by atoms with Crippen LogP contribution in [0.5, 0.6) is 0 Å². The van der Waals surface area contributed by atoms with Gasteiger partial charge in [0.1, 0.15) is 0 Å². The van der Waals surface area contributed by atoms with Crippen LogP contribution in [0.2, 0.25) is 0 Å². The zero-order valence-electron chi connectivity index (χ0n) is 11.7. The number of aryl methyl sites for hydroxylation is 2. The highest BCUT2D eigenvalue weighted by Crippen LogP contribution is 2.40. The van der Waals surface area contributed by atoms with Gasteiger partial charge in [-0.2, -0.15) is 0 Å². The van der Waals surface area contributed by atoms with E-state index in [4.69, 9.17) is 10.5 Å². The molecule has 2 rings (SSSR count). The molecule has 18 heavy (non-hydrogen) atoms. The van der Waals surface area contributed by atoms with Crippen LogP contribution in [0.4, 0.5) is 0 Å². The van der Waals surface area contributed by atoms with Crippen molar-refractivity contribution in [1.82, 2.24) is 0 Å². The number of aliphatic hydroxyl groups is 1. The molecule has 0 saturated carbocycles. The van der Waals surface area contributed by atoms with E-state index in [0.717, 1.165) is 0 Å². The molecule has 1 aliphatic heterocycles. The summed E-state index contributed by atoms with van der Waals surface area (Å²) in [6, 6.07) is 1.95. The number of hydrogen-bond acceptors (Lipinski definition) is 3. The first-order valence-electron chi connectivity index (χ1n) is 6.46. The van der Waals surface area contributed by atoms with Gasteiger partial charge < -0.3 is 15.6 Å². The van der Waals surface area contributed by atoms with E-state index in [0.29, 0.717) is 13.2 Å². The molecule has 1 atom stereocenters. The van der Waals surface area contributed by atoms with Crippen LogP contribution < -0.4 is 5.73 Å². The predicted octanol–water partition coefficient (Wildman–Crippen LogP) is 1.51. The lowest BCUT2D eigenvalue weighted by molar-refractivity contribution is -0.0804. The monoisotopic (exact) mass is 249 g/mol. The van der Waals surface area contributed by atoms with Crippen molar-refractivity contribution in [3.63, 3.8) is 0 Å². The summed E-state index contributed by atoms with van der Waals surface area (Å²) in [5.74, 6) is 0. The highest BCUT2D eigenvalue weighted by Gasteiger charge is 2.47. The van der Waals surface area contributed by atoms with E-state index in [9.17, 15) is 5.11 Å². The molecule has 1 saturated heterocycles. The Hall–Kier alpha value is -0.900. The molecule has 1 heterocycles. The minimum absolute atomic E-state index is 0.00473. The predicted molar refractivity (Wildman–Crippen MR) is 72.9 cm³/mol. The molecule has 0 aliphatic carbocycles. The van der Waals surface area contributed by atoms with Gasteiger partial charge in [0, 0.05) is 6.04 Å². The first-order valence-corrected chi connectivity index (χ1v) is 6.46. The van der Waals surface area contributed by atoms with Crippen molar-refractivity contribution in [3.8, 4) is 0 Å². The Kier molecular flexibility index (Phi) is 3.49. The maximum Gasteiger partial charge on any atom is 0.0601 e. The van der Waals surface area contributed by atoms with Crippen molar-refractivity contribution in [2.75, 3.05) is 19.8 Å². The van der Waals surface area contributed by atoms with Gasteiger partial charge in [-0.3, -0.25) is 0 Å². The van der Waals surface area contributed by atoms with Gasteiger partial charge in [-0.05, 0) is 55.5 Å². The Bertz CT molecular complexity index is 438. The Morgan fingerprint density at radius 3 is 2.06 bits per heavy atom. The highest BCUT2D eigenvalue weighted by atomic mass is 16.5. The Morgan fingerprint density at radius 1 is 1.22 bits per heavy atom. The summed E-state index contributed by atoms with van der Waals surface area (Å²) in [6.07, 6.45) is 0. The first-order chi connectivity index (χ1) is 8.44. The lowest BCUT2D eigenvalue weighted by Gasteiger charge is -2.47. The molecule has 3 nitrogen and oxygen atoms in total. The zero-order valence-corrected chi connectivity index (χ0v) is 11.7. The molecule has 1 aromatic carbocycles. The first kappa shape index (κ1) is 13.5. The largest absolute Gasteiger partial charge is 0.395 e. The molecule has 1 aromatic rings. The lowest BCUT2D eigenvalue weighted by Crippen LogP contribution is -2.61. The molecule has 1 unspecified atom stereocenters. The molecule has 0 bridgehead atoms. The minimum Gasteiger partial charge on any atom is -0.395 e. The number of ether oxygens (including phenoxy) is 1. The summed E-state index contributed by atoms with van der Waals surface area (Å²) in [7, 11) is 0. The van der Waals surface area contributed by atoms with Crippen LogP contribution in [-0.2, 0) is 10.2 Å². The molecule has 0 radical (unpaired) electrons. The quantitative estimate of drug-likeness (QED) is 0.853. The van der Waals surface area contributed by atoms with Crippen LogP contribution in [0.25, 0.3) is 0 Å². The molecular formula is C15H23NO2. The van der Waals surface area contributed by atoms with Gasteiger partial charge >= 0.3 is 0 Å². The second-order valence-electron chi connectivity index (χ2n) is 5.57. The van der Waals surface area contributed by atoms with Crippen molar-refractivity contribution in [1.29, 1.82) is 0 Å². The molecule has 100 valence electrons. The van der Waals surface area contributed by atoms with Gasteiger partial charge in [-0.1, -0.05) is 6.07 Å². The van der Waals surface area contributed by atoms with Crippen molar-refractivity contribution in [2.24, 2.45) is 5.73 Å². The summed E-state index contributed by atoms with van der Waals surface area (Å²) in [6.45, 7) is 9.75. The summed E-state index contributed by atoms with van der Waals surface area (Å²) in [5, 5.41) is 9.44. The number of hydrogen-bond donors (Lipinski definition) is 2. The molecule has 0 amide bonds. The smallest absolute Gasteiger partial charge is 0.0601 e. The molecular weight excluding hydrogens is 226 g/mol. The SMILES string of the molecule is Cc1cc(C)c(C)c(C2(C(N)CO)COC2)c1C. The van der Waals surface area contributed by atoms with Gasteiger partial charge in [-0.25, -0.2) is 0 Å². The molecule has 3 heteroatoms. The van der Waals surface area contributed by atoms with E-state index in [2.05, 4.69) is 33.8 Å². The van der Waals surface area contributed by atoms with Gasteiger partial charge in [0.2, 0.25) is 0 Å². The van der Waals surface area contributed by atoms with E-state index in [1.165, 1.54) is 27.8 Å². The molecule has 0 spiro atoms. The Morgan fingerprint density at radius 2 is 1.72 bits per heavy atom. The second-order valence-corrected chi connectivity index (χ2v) is 5.57. The number of aliphatic hydroxyl groups excluding tert-OH is 1. The van der Waals surface area contributed by atoms with E-state index < -0.39 is 0 Å². The second kappa shape index (κ2) is 4.65. The van der Waals surface area contributed by atoms with Crippen molar-refractivity contribution >= 4 is 0 Å². The zero-order chi connectivity index (χ0) is 13.5. The van der Waals surface area contributed by atoms with Crippen LogP contribution in [0.3, 0.4) is 0 Å². The fourth-order valence-corrected chi connectivity index (χ4v) is 3.00. The summed E-state index contributed by atoms with van der Waals surface area (Å²) in [5.41, 5.74) is 12.4. The summed E-state index contributed by atoms with van der Waals surface area (Å²) < 4.78 is 5.41. The topological polar surface area (TPSA) is 55.5 Å². The molecule has 1 fully saturated rings. The molecule has 1 aliphatic rings. The standard InChI is InChI=1S/C15H23NO2/c1-9-5-10(2)12(4)14(11(9)3)15(7-18-8-15)13(16)6-17/h5,13,17H,6-8,16H2,1-4H3. The normalized spacial score (nSPS) is 19.4. The third-order valence-electron chi connectivity index (χ3n) is 4.49. The van der Waals surface area contributed by atoms with Crippen LogP contribution >= 0.6 is 0 Å². The van der Waals surface area contributed by atoms with Crippen molar-refractivity contribution < 1.29 is 9.84 Å². The van der Waals surface area contributed by atoms with Crippen LogP contribution in [0.15, 0.2) is 6.07 Å². The van der Waals surface area contributed by atoms with Crippen LogP contribution in [0, 0.1) is 27.7 Å². The van der Waals surface area contributed by atoms with Gasteiger partial charge in [-0.15, -0.1) is 0 Å². The summed E-state index contributed by atoms with van der Waals surface area (Å²) >= 11 is 0. The van der Waals surface area contributed by atoms with E-state index in [1.54, 1.807) is 0 Å². The average molecular weight is 249 g/mol. The van der Waals surface area contributed by atoms with E-state index in [-0.39, 0.29) is 18.1 Å². The maximum atomic E-state index is 9.44. The van der Waals surface area contributed by atoms with E-state index >= 15 is 0 Å². The fourth-order valence-electron chi connectivity index (χ4n) is 3.00. The van der Waals surface area contributed by atoms with Crippen LogP contribution in [0.1, 0.15) is 27.8 Å². The van der Waals surface area contributed by atoms with Gasteiger partial charge in [0.25, 0.3) is 0 Å². The molecule has 0 aromatic heterocycles.